The number of methoxy groups -OCH3 is 1. The fourth-order valence-electron chi connectivity index (χ4n) is 3.13. The summed E-state index contributed by atoms with van der Waals surface area (Å²) < 4.78 is 4.64. The third-order valence-corrected chi connectivity index (χ3v) is 4.49. The van der Waals surface area contributed by atoms with Crippen LogP contribution in [0.2, 0.25) is 0 Å². The molecule has 25 heavy (non-hydrogen) atoms. The minimum Gasteiger partial charge on any atom is -0.465 e. The summed E-state index contributed by atoms with van der Waals surface area (Å²) in [6.45, 7) is 6.50. The van der Waals surface area contributed by atoms with E-state index < -0.39 is 0 Å². The SMILES string of the molecule is COC(=O)c1ccc(NC(=O)NCCCCN2CCC[C@H](C)C2)cc1. The van der Waals surface area contributed by atoms with Gasteiger partial charge in [-0.15, -0.1) is 0 Å². The van der Waals surface area contributed by atoms with E-state index in [1.165, 1.54) is 33.0 Å². The van der Waals surface area contributed by atoms with Crippen LogP contribution in [0.4, 0.5) is 10.5 Å². The third kappa shape index (κ3) is 6.74. The van der Waals surface area contributed by atoms with Gasteiger partial charge < -0.3 is 20.3 Å². The van der Waals surface area contributed by atoms with Crippen molar-refractivity contribution in [3.8, 4) is 0 Å². The van der Waals surface area contributed by atoms with Gasteiger partial charge >= 0.3 is 12.0 Å². The number of piperidine rings is 1. The molecule has 1 aliphatic heterocycles. The number of nitrogens with one attached hydrogen (secondary N) is 2. The number of carbonyl (C=O) groups is 2. The van der Waals surface area contributed by atoms with Gasteiger partial charge in [-0.3, -0.25) is 0 Å². The molecule has 0 bridgehead atoms. The summed E-state index contributed by atoms with van der Waals surface area (Å²) in [7, 11) is 1.34. The lowest BCUT2D eigenvalue weighted by Crippen LogP contribution is -2.35. The quantitative estimate of drug-likeness (QED) is 0.587. The number of rotatable bonds is 7. The Morgan fingerprint density at radius 3 is 2.68 bits per heavy atom. The van der Waals surface area contributed by atoms with Crippen LogP contribution in [-0.4, -0.2) is 50.2 Å². The minimum atomic E-state index is -0.390. The molecule has 1 atom stereocenters. The Hall–Kier alpha value is -2.08. The first-order chi connectivity index (χ1) is 12.1. The number of unbranched alkanes of at least 4 members (excludes halogenated alkanes) is 1. The minimum absolute atomic E-state index is 0.225. The topological polar surface area (TPSA) is 70.7 Å². The predicted molar refractivity (Wildman–Crippen MR) is 98.9 cm³/mol. The number of benzene rings is 1. The number of esters is 1. The van der Waals surface area contributed by atoms with E-state index >= 15 is 0 Å². The molecular weight excluding hydrogens is 318 g/mol. The van der Waals surface area contributed by atoms with Gasteiger partial charge in [0.2, 0.25) is 0 Å². The van der Waals surface area contributed by atoms with E-state index in [0.29, 0.717) is 17.8 Å². The molecular formula is C19H29N3O3. The summed E-state index contributed by atoms with van der Waals surface area (Å²) in [6, 6.07) is 6.40. The monoisotopic (exact) mass is 347 g/mol. The van der Waals surface area contributed by atoms with Gasteiger partial charge in [-0.05, 0) is 69.0 Å². The largest absolute Gasteiger partial charge is 0.465 e. The van der Waals surface area contributed by atoms with Crippen LogP contribution in [0, 0.1) is 5.92 Å². The Morgan fingerprint density at radius 1 is 1.24 bits per heavy atom. The van der Waals surface area contributed by atoms with Gasteiger partial charge in [-0.25, -0.2) is 9.59 Å². The molecule has 1 aliphatic rings. The normalized spacial score (nSPS) is 17.8. The van der Waals surface area contributed by atoms with Crippen molar-refractivity contribution in [3.05, 3.63) is 29.8 Å². The maximum Gasteiger partial charge on any atom is 0.337 e. The molecule has 6 nitrogen and oxygen atoms in total. The van der Waals surface area contributed by atoms with Gasteiger partial charge in [-0.1, -0.05) is 6.92 Å². The Labute approximate surface area is 149 Å². The van der Waals surface area contributed by atoms with Gasteiger partial charge in [0.25, 0.3) is 0 Å². The molecule has 2 N–H and O–H groups in total. The van der Waals surface area contributed by atoms with E-state index in [2.05, 4.69) is 27.2 Å². The van der Waals surface area contributed by atoms with Crippen LogP contribution >= 0.6 is 0 Å². The van der Waals surface area contributed by atoms with Crippen molar-refractivity contribution in [2.24, 2.45) is 5.92 Å². The first kappa shape index (κ1) is 19.2. The molecule has 1 fully saturated rings. The second-order valence-electron chi connectivity index (χ2n) is 6.70. The Balaban J connectivity index is 1.60. The lowest BCUT2D eigenvalue weighted by molar-refractivity contribution is 0.0600. The van der Waals surface area contributed by atoms with Crippen molar-refractivity contribution in [3.63, 3.8) is 0 Å². The lowest BCUT2D eigenvalue weighted by Gasteiger charge is -2.30. The molecule has 1 aromatic carbocycles. The zero-order chi connectivity index (χ0) is 18.1. The maximum atomic E-state index is 11.9. The van der Waals surface area contributed by atoms with Crippen molar-refractivity contribution < 1.29 is 14.3 Å². The third-order valence-electron chi connectivity index (χ3n) is 4.49. The van der Waals surface area contributed by atoms with Gasteiger partial charge in [0.05, 0.1) is 12.7 Å². The Morgan fingerprint density at radius 2 is 2.00 bits per heavy atom. The van der Waals surface area contributed by atoms with E-state index in [1.54, 1.807) is 24.3 Å². The molecule has 0 aromatic heterocycles. The maximum absolute atomic E-state index is 11.9. The number of anilines is 1. The van der Waals surface area contributed by atoms with Crippen LogP contribution in [0.15, 0.2) is 24.3 Å². The van der Waals surface area contributed by atoms with Gasteiger partial charge in [0, 0.05) is 18.8 Å². The molecule has 0 aliphatic carbocycles. The zero-order valence-electron chi connectivity index (χ0n) is 15.2. The molecule has 138 valence electrons. The molecule has 0 saturated carbocycles. The fraction of sp³-hybridized carbons (Fsp3) is 0.579. The number of amides is 2. The zero-order valence-corrected chi connectivity index (χ0v) is 15.2. The predicted octanol–water partition coefficient (Wildman–Crippen LogP) is 3.11. The number of likely N-dealkylation sites (tertiary alicyclic amines) is 1. The fourth-order valence-corrected chi connectivity index (χ4v) is 3.13. The summed E-state index contributed by atoms with van der Waals surface area (Å²) in [5.74, 6) is 0.419. The summed E-state index contributed by atoms with van der Waals surface area (Å²) in [4.78, 5) is 25.8. The summed E-state index contributed by atoms with van der Waals surface area (Å²) in [6.07, 6.45) is 4.72. The highest BCUT2D eigenvalue weighted by molar-refractivity contribution is 5.92. The van der Waals surface area contributed by atoms with Crippen LogP contribution in [0.25, 0.3) is 0 Å². The highest BCUT2D eigenvalue weighted by atomic mass is 16.5. The van der Waals surface area contributed by atoms with E-state index in [9.17, 15) is 9.59 Å². The van der Waals surface area contributed by atoms with Gasteiger partial charge in [-0.2, -0.15) is 0 Å². The standard InChI is InChI=1S/C19H29N3O3/c1-15-6-5-13-22(14-15)12-4-3-11-20-19(24)21-17-9-7-16(8-10-17)18(23)25-2/h7-10,15H,3-6,11-14H2,1-2H3,(H2,20,21,24)/t15-/m0/s1. The second-order valence-corrected chi connectivity index (χ2v) is 6.70. The van der Waals surface area contributed by atoms with E-state index in [4.69, 9.17) is 0 Å². The first-order valence-electron chi connectivity index (χ1n) is 9.04. The van der Waals surface area contributed by atoms with Crippen molar-refractivity contribution in [1.29, 1.82) is 0 Å². The Bertz CT molecular complexity index is 560. The van der Waals surface area contributed by atoms with Crippen LogP contribution < -0.4 is 10.6 Å². The molecule has 6 heteroatoms. The molecule has 2 amide bonds. The van der Waals surface area contributed by atoms with Crippen LogP contribution in [0.5, 0.6) is 0 Å². The molecule has 1 aromatic rings. The Kier molecular flexibility index (Phi) is 7.73. The van der Waals surface area contributed by atoms with Crippen molar-refractivity contribution >= 4 is 17.7 Å². The molecule has 0 unspecified atom stereocenters. The number of nitrogens with zero attached hydrogens (tertiary/aromatic N) is 1. The van der Waals surface area contributed by atoms with Crippen molar-refractivity contribution in [2.75, 3.05) is 38.6 Å². The number of hydrogen-bond acceptors (Lipinski definition) is 4. The molecule has 1 heterocycles. The molecule has 0 spiro atoms. The lowest BCUT2D eigenvalue weighted by atomic mass is 10.0. The van der Waals surface area contributed by atoms with Crippen molar-refractivity contribution in [2.45, 2.75) is 32.6 Å². The van der Waals surface area contributed by atoms with Gasteiger partial charge in [0.1, 0.15) is 0 Å². The number of ether oxygens (including phenoxy) is 1. The molecule has 2 rings (SSSR count). The van der Waals surface area contributed by atoms with Gasteiger partial charge in [0.15, 0.2) is 0 Å². The van der Waals surface area contributed by atoms with Crippen LogP contribution in [0.3, 0.4) is 0 Å². The van der Waals surface area contributed by atoms with E-state index in [1.807, 2.05) is 0 Å². The number of carbonyl (C=O) groups excluding carboxylic acids is 2. The summed E-state index contributed by atoms with van der Waals surface area (Å²) >= 11 is 0. The molecule has 0 radical (unpaired) electrons. The summed E-state index contributed by atoms with van der Waals surface area (Å²) in [5.41, 5.74) is 1.10. The van der Waals surface area contributed by atoms with Crippen LogP contribution in [0.1, 0.15) is 43.0 Å². The number of hydrogen-bond donors (Lipinski definition) is 2. The van der Waals surface area contributed by atoms with Crippen molar-refractivity contribution in [1.82, 2.24) is 10.2 Å². The molecule has 1 saturated heterocycles. The van der Waals surface area contributed by atoms with Crippen LogP contribution in [-0.2, 0) is 4.74 Å². The smallest absolute Gasteiger partial charge is 0.337 e. The summed E-state index contributed by atoms with van der Waals surface area (Å²) in [5, 5.41) is 5.63. The first-order valence-corrected chi connectivity index (χ1v) is 9.04. The average molecular weight is 347 g/mol. The van der Waals surface area contributed by atoms with E-state index in [0.717, 1.165) is 25.3 Å². The highest BCUT2D eigenvalue weighted by Crippen LogP contribution is 2.15. The number of urea groups is 1. The average Bonchev–Trinajstić information content (AvgIpc) is 2.61. The second kappa shape index (κ2) is 10.0. The van der Waals surface area contributed by atoms with E-state index in [-0.39, 0.29) is 12.0 Å². The highest BCUT2D eigenvalue weighted by Gasteiger charge is 2.15.